The zero-order valence-electron chi connectivity index (χ0n) is 11.4. The third-order valence-corrected chi connectivity index (χ3v) is 2.54. The molecule has 0 radical (unpaired) electrons. The average Bonchev–Trinajstić information content (AvgIpc) is 2.43. The van der Waals surface area contributed by atoms with Crippen LogP contribution in [0.4, 0.5) is 0 Å². The van der Waals surface area contributed by atoms with E-state index in [1.165, 1.54) is 0 Å². The number of ether oxygens (including phenoxy) is 2. The van der Waals surface area contributed by atoms with Crippen molar-refractivity contribution in [3.8, 4) is 11.8 Å². The van der Waals surface area contributed by atoms with Gasteiger partial charge in [0.15, 0.2) is 0 Å². The summed E-state index contributed by atoms with van der Waals surface area (Å²) >= 11 is 0. The molecule has 0 aromatic heterocycles. The van der Waals surface area contributed by atoms with Gasteiger partial charge in [0.1, 0.15) is 11.7 Å². The van der Waals surface area contributed by atoms with E-state index in [0.29, 0.717) is 13.0 Å². The van der Waals surface area contributed by atoms with Crippen molar-refractivity contribution in [2.24, 2.45) is 5.92 Å². The molecule has 1 rings (SSSR count). The van der Waals surface area contributed by atoms with E-state index in [9.17, 15) is 4.79 Å². The summed E-state index contributed by atoms with van der Waals surface area (Å²) in [7, 11) is 0. The van der Waals surface area contributed by atoms with Gasteiger partial charge in [-0.3, -0.25) is 4.79 Å². The lowest BCUT2D eigenvalue weighted by Crippen LogP contribution is -2.18. The van der Waals surface area contributed by atoms with Crippen LogP contribution in [0.2, 0.25) is 0 Å². The molecule has 1 aromatic carbocycles. The third-order valence-electron chi connectivity index (χ3n) is 2.54. The predicted octanol–water partition coefficient (Wildman–Crippen LogP) is 2.72. The Morgan fingerprint density at radius 3 is 2.84 bits per heavy atom. The Balaban J connectivity index is 2.69. The Morgan fingerprint density at radius 1 is 1.42 bits per heavy atom. The number of hydrogen-bond donors (Lipinski definition) is 0. The lowest BCUT2D eigenvalue weighted by Gasteiger charge is -2.10. The Hall–Kier alpha value is -2.02. The molecule has 1 unspecified atom stereocenters. The molecule has 1 atom stereocenters. The second-order valence-electron chi connectivity index (χ2n) is 4.13. The minimum absolute atomic E-state index is 0.288. The molecule has 0 aliphatic rings. The number of carbonyl (C=O) groups excluding carboxylic acids is 1. The standard InChI is InChI=1S/C15H19NO3/c1-3-8-19-14-7-5-6-12(10-14)9-13(11-16)15(17)18-4-2/h5-7,10,13H,3-4,8-9H2,1-2H3. The summed E-state index contributed by atoms with van der Waals surface area (Å²) in [5, 5.41) is 9.01. The number of nitrogens with zero attached hydrogens (tertiary/aromatic N) is 1. The van der Waals surface area contributed by atoms with E-state index in [1.54, 1.807) is 6.92 Å². The van der Waals surface area contributed by atoms with Crippen LogP contribution in [0.25, 0.3) is 0 Å². The molecular weight excluding hydrogens is 242 g/mol. The van der Waals surface area contributed by atoms with Gasteiger partial charge in [-0.15, -0.1) is 0 Å². The molecule has 0 spiro atoms. The fourth-order valence-corrected chi connectivity index (χ4v) is 1.64. The minimum atomic E-state index is -0.763. The molecular formula is C15H19NO3. The highest BCUT2D eigenvalue weighted by atomic mass is 16.5. The van der Waals surface area contributed by atoms with E-state index in [1.807, 2.05) is 37.3 Å². The van der Waals surface area contributed by atoms with Crippen LogP contribution in [0, 0.1) is 17.2 Å². The molecule has 0 amide bonds. The van der Waals surface area contributed by atoms with Crippen LogP contribution in [0.1, 0.15) is 25.8 Å². The number of nitriles is 1. The van der Waals surface area contributed by atoms with Gasteiger partial charge < -0.3 is 9.47 Å². The van der Waals surface area contributed by atoms with Crippen LogP contribution in [0.3, 0.4) is 0 Å². The van der Waals surface area contributed by atoms with E-state index in [-0.39, 0.29) is 6.61 Å². The van der Waals surface area contributed by atoms with Gasteiger partial charge >= 0.3 is 5.97 Å². The Labute approximate surface area is 113 Å². The molecule has 102 valence electrons. The molecule has 0 aliphatic carbocycles. The van der Waals surface area contributed by atoms with Gasteiger partial charge in [-0.1, -0.05) is 19.1 Å². The first-order valence-electron chi connectivity index (χ1n) is 6.49. The number of benzene rings is 1. The van der Waals surface area contributed by atoms with Crippen LogP contribution < -0.4 is 4.74 Å². The van der Waals surface area contributed by atoms with Gasteiger partial charge in [0, 0.05) is 0 Å². The summed E-state index contributed by atoms with van der Waals surface area (Å²) in [6.07, 6.45) is 1.28. The Morgan fingerprint density at radius 2 is 2.21 bits per heavy atom. The van der Waals surface area contributed by atoms with Crippen molar-refractivity contribution in [1.82, 2.24) is 0 Å². The highest BCUT2D eigenvalue weighted by Gasteiger charge is 2.19. The average molecular weight is 261 g/mol. The molecule has 0 saturated heterocycles. The highest BCUT2D eigenvalue weighted by Crippen LogP contribution is 2.17. The Kier molecular flexibility index (Phi) is 6.45. The zero-order valence-corrected chi connectivity index (χ0v) is 11.4. The quantitative estimate of drug-likeness (QED) is 0.708. The van der Waals surface area contributed by atoms with Gasteiger partial charge in [-0.25, -0.2) is 0 Å². The molecule has 0 bridgehead atoms. The first-order chi connectivity index (χ1) is 9.21. The molecule has 0 fully saturated rings. The predicted molar refractivity (Wildman–Crippen MR) is 71.7 cm³/mol. The summed E-state index contributed by atoms with van der Waals surface area (Å²) in [6.45, 7) is 4.71. The van der Waals surface area contributed by atoms with Crippen molar-refractivity contribution in [3.05, 3.63) is 29.8 Å². The van der Waals surface area contributed by atoms with Crippen LogP contribution >= 0.6 is 0 Å². The van der Waals surface area contributed by atoms with Gasteiger partial charge in [-0.05, 0) is 37.5 Å². The smallest absolute Gasteiger partial charge is 0.323 e. The highest BCUT2D eigenvalue weighted by molar-refractivity contribution is 5.75. The van der Waals surface area contributed by atoms with E-state index < -0.39 is 11.9 Å². The summed E-state index contributed by atoms with van der Waals surface area (Å²) in [4.78, 5) is 11.6. The first-order valence-corrected chi connectivity index (χ1v) is 6.49. The van der Waals surface area contributed by atoms with Gasteiger partial charge in [0.05, 0.1) is 19.3 Å². The summed E-state index contributed by atoms with van der Waals surface area (Å²) < 4.78 is 10.4. The number of rotatable bonds is 7. The van der Waals surface area contributed by atoms with Gasteiger partial charge in [0.25, 0.3) is 0 Å². The summed E-state index contributed by atoms with van der Waals surface area (Å²) in [6, 6.07) is 9.45. The first kappa shape index (κ1) is 15.0. The van der Waals surface area contributed by atoms with Crippen molar-refractivity contribution in [1.29, 1.82) is 5.26 Å². The van der Waals surface area contributed by atoms with E-state index in [4.69, 9.17) is 14.7 Å². The Bertz CT molecular complexity index is 451. The second kappa shape index (κ2) is 8.15. The third kappa shape index (κ3) is 5.01. The second-order valence-corrected chi connectivity index (χ2v) is 4.13. The number of carbonyl (C=O) groups is 1. The SMILES string of the molecule is CCCOc1cccc(CC(C#N)C(=O)OCC)c1. The molecule has 0 aliphatic heterocycles. The normalized spacial score (nSPS) is 11.4. The lowest BCUT2D eigenvalue weighted by atomic mass is 10.0. The number of esters is 1. The van der Waals surface area contributed by atoms with E-state index in [2.05, 4.69) is 0 Å². The van der Waals surface area contributed by atoms with Crippen molar-refractivity contribution < 1.29 is 14.3 Å². The van der Waals surface area contributed by atoms with Crippen LogP contribution in [-0.2, 0) is 16.0 Å². The van der Waals surface area contributed by atoms with Crippen molar-refractivity contribution in [2.45, 2.75) is 26.7 Å². The minimum Gasteiger partial charge on any atom is -0.494 e. The molecule has 0 saturated carbocycles. The zero-order chi connectivity index (χ0) is 14.1. The van der Waals surface area contributed by atoms with E-state index >= 15 is 0 Å². The van der Waals surface area contributed by atoms with Crippen molar-refractivity contribution >= 4 is 5.97 Å². The summed E-state index contributed by atoms with van der Waals surface area (Å²) in [5.74, 6) is -0.467. The molecule has 1 aromatic rings. The monoisotopic (exact) mass is 261 g/mol. The van der Waals surface area contributed by atoms with Crippen LogP contribution in [0.5, 0.6) is 5.75 Å². The number of hydrogen-bond acceptors (Lipinski definition) is 4. The molecule has 4 heteroatoms. The van der Waals surface area contributed by atoms with Gasteiger partial charge in [-0.2, -0.15) is 5.26 Å². The largest absolute Gasteiger partial charge is 0.494 e. The molecule has 4 nitrogen and oxygen atoms in total. The summed E-state index contributed by atoms with van der Waals surface area (Å²) in [5.41, 5.74) is 0.896. The molecule has 19 heavy (non-hydrogen) atoms. The van der Waals surface area contributed by atoms with Gasteiger partial charge in [0.2, 0.25) is 0 Å². The maximum Gasteiger partial charge on any atom is 0.323 e. The van der Waals surface area contributed by atoms with Crippen molar-refractivity contribution in [3.63, 3.8) is 0 Å². The van der Waals surface area contributed by atoms with Crippen molar-refractivity contribution in [2.75, 3.05) is 13.2 Å². The maximum atomic E-state index is 11.6. The van der Waals surface area contributed by atoms with Crippen LogP contribution in [-0.4, -0.2) is 19.2 Å². The maximum absolute atomic E-state index is 11.6. The topological polar surface area (TPSA) is 59.3 Å². The lowest BCUT2D eigenvalue weighted by molar-refractivity contribution is -0.145. The fourth-order valence-electron chi connectivity index (χ4n) is 1.64. The van der Waals surface area contributed by atoms with E-state index in [0.717, 1.165) is 17.7 Å². The van der Waals surface area contributed by atoms with Crippen LogP contribution in [0.15, 0.2) is 24.3 Å². The fraction of sp³-hybridized carbons (Fsp3) is 0.467. The molecule has 0 N–H and O–H groups in total. The molecule has 0 heterocycles.